The summed E-state index contributed by atoms with van der Waals surface area (Å²) in [6.07, 6.45) is -6.30. The summed E-state index contributed by atoms with van der Waals surface area (Å²) in [5.74, 6) is -10.7. The first kappa shape index (κ1) is 15.1. The van der Waals surface area contributed by atoms with Crippen LogP contribution in [0.1, 0.15) is 5.56 Å². The molecule has 1 unspecified atom stereocenters. The van der Waals surface area contributed by atoms with Gasteiger partial charge in [0, 0.05) is 5.56 Å². The Morgan fingerprint density at radius 2 is 1.47 bits per heavy atom. The maximum atomic E-state index is 14.0. The Morgan fingerprint density at radius 1 is 1.00 bits per heavy atom. The van der Waals surface area contributed by atoms with Gasteiger partial charge in [0.25, 0.3) is 0 Å². The molecule has 1 aromatic carbocycles. The van der Waals surface area contributed by atoms with Gasteiger partial charge < -0.3 is 0 Å². The van der Waals surface area contributed by atoms with Crippen molar-refractivity contribution in [1.82, 2.24) is 5.43 Å². The Morgan fingerprint density at radius 3 is 1.84 bits per heavy atom. The number of nitro groups is 1. The molecule has 0 heterocycles. The number of hydrazine groups is 1. The van der Waals surface area contributed by atoms with Crippen LogP contribution in [0, 0.1) is 10.1 Å². The highest BCUT2D eigenvalue weighted by Gasteiger charge is 2.74. The Labute approximate surface area is 102 Å². The van der Waals surface area contributed by atoms with Crippen molar-refractivity contribution in [2.45, 2.75) is 17.9 Å². The number of nitrogens with one attached hydrogen (secondary N) is 1. The van der Waals surface area contributed by atoms with Crippen LogP contribution in [0.2, 0.25) is 0 Å². The van der Waals surface area contributed by atoms with Gasteiger partial charge in [0.1, 0.15) is 0 Å². The lowest BCUT2D eigenvalue weighted by Crippen LogP contribution is -2.61. The molecule has 0 aliphatic carbocycles. The molecule has 0 fully saturated rings. The summed E-state index contributed by atoms with van der Waals surface area (Å²) in [7, 11) is 0. The minimum absolute atomic E-state index is 0.405. The molecule has 0 amide bonds. The minimum Gasteiger partial charge on any atom is -0.235 e. The lowest BCUT2D eigenvalue weighted by molar-refractivity contribution is -0.585. The second-order valence-corrected chi connectivity index (χ2v) is 3.47. The van der Waals surface area contributed by atoms with E-state index < -0.39 is 28.5 Å². The maximum absolute atomic E-state index is 14.0. The van der Waals surface area contributed by atoms with Crippen LogP contribution < -0.4 is 5.43 Å². The van der Waals surface area contributed by atoms with Gasteiger partial charge in [-0.2, -0.15) is 22.0 Å². The minimum atomic E-state index is -6.30. The van der Waals surface area contributed by atoms with Crippen LogP contribution in [0.25, 0.3) is 0 Å². The van der Waals surface area contributed by atoms with Crippen LogP contribution in [0.5, 0.6) is 0 Å². The summed E-state index contributed by atoms with van der Waals surface area (Å²) >= 11 is 0. The van der Waals surface area contributed by atoms with E-state index >= 15 is 0 Å². The summed E-state index contributed by atoms with van der Waals surface area (Å²) in [5, 5.41) is 8.32. The summed E-state index contributed by atoms with van der Waals surface area (Å²) in [6.45, 7) is 0. The molecule has 0 aliphatic heterocycles. The van der Waals surface area contributed by atoms with E-state index in [0.29, 0.717) is 17.6 Å². The third-order valence-corrected chi connectivity index (χ3v) is 2.21. The van der Waals surface area contributed by atoms with Gasteiger partial charge in [-0.15, -0.1) is 0 Å². The zero-order valence-corrected chi connectivity index (χ0v) is 8.92. The van der Waals surface area contributed by atoms with E-state index in [-0.39, 0.29) is 0 Å². The van der Waals surface area contributed by atoms with E-state index in [4.69, 9.17) is 0 Å². The molecule has 106 valence electrons. The van der Waals surface area contributed by atoms with Gasteiger partial charge in [-0.05, 0) is 0 Å². The highest BCUT2D eigenvalue weighted by atomic mass is 19.4. The molecular weight excluding hydrogens is 282 g/mol. The van der Waals surface area contributed by atoms with Crippen molar-refractivity contribution < 1.29 is 31.4 Å². The molecule has 0 spiro atoms. The lowest BCUT2D eigenvalue weighted by atomic mass is 9.98. The molecule has 1 N–H and O–H groups in total. The Kier molecular flexibility index (Phi) is 3.64. The third-order valence-electron chi connectivity index (χ3n) is 2.21. The van der Waals surface area contributed by atoms with E-state index in [0.717, 1.165) is 12.1 Å². The first-order valence-electron chi connectivity index (χ1n) is 4.63. The predicted molar refractivity (Wildman–Crippen MR) is 50.4 cm³/mol. The van der Waals surface area contributed by atoms with Gasteiger partial charge in [-0.1, -0.05) is 35.8 Å². The van der Waals surface area contributed by atoms with Gasteiger partial charge in [0.05, 0.1) is 0 Å². The smallest absolute Gasteiger partial charge is 0.235 e. The molecule has 4 nitrogen and oxygen atoms in total. The molecule has 0 bridgehead atoms. The average molecular weight is 288 g/mol. The summed E-state index contributed by atoms with van der Waals surface area (Å²) in [5.41, 5.74) is -0.809. The van der Waals surface area contributed by atoms with Gasteiger partial charge in [-0.25, -0.2) is 14.5 Å². The summed E-state index contributed by atoms with van der Waals surface area (Å²) in [6, 6.07) is 4.32. The fraction of sp³-hybridized carbons (Fsp3) is 0.333. The van der Waals surface area contributed by atoms with E-state index in [1.54, 1.807) is 0 Å². The van der Waals surface area contributed by atoms with Crippen molar-refractivity contribution in [3.05, 3.63) is 46.0 Å². The van der Waals surface area contributed by atoms with E-state index in [1.807, 2.05) is 0 Å². The standard InChI is InChI=1S/C9H6F6N2O2/c10-7(16-17(18)19,6-4-2-1-3-5-6)8(11,12)9(13,14)15/h1-5,16H. The molecule has 1 aromatic rings. The van der Waals surface area contributed by atoms with Crippen LogP contribution >= 0.6 is 0 Å². The molecule has 0 aliphatic rings. The van der Waals surface area contributed by atoms with E-state index in [2.05, 4.69) is 0 Å². The number of hydrogen-bond donors (Lipinski definition) is 1. The topological polar surface area (TPSA) is 55.2 Å². The van der Waals surface area contributed by atoms with Crippen molar-refractivity contribution in [2.75, 3.05) is 0 Å². The van der Waals surface area contributed by atoms with Gasteiger partial charge in [-0.3, -0.25) is 0 Å². The van der Waals surface area contributed by atoms with Gasteiger partial charge >= 0.3 is 17.9 Å². The molecule has 0 saturated carbocycles. The zero-order chi connectivity index (χ0) is 14.9. The molecule has 10 heteroatoms. The first-order valence-corrected chi connectivity index (χ1v) is 4.63. The Hall–Kier alpha value is -2.00. The lowest BCUT2D eigenvalue weighted by Gasteiger charge is -2.31. The van der Waals surface area contributed by atoms with Crippen molar-refractivity contribution >= 4 is 0 Å². The van der Waals surface area contributed by atoms with Crippen molar-refractivity contribution in [3.8, 4) is 0 Å². The van der Waals surface area contributed by atoms with Crippen LogP contribution in [0.3, 0.4) is 0 Å². The highest BCUT2D eigenvalue weighted by Crippen LogP contribution is 2.49. The SMILES string of the molecule is O=[N+]([O-])NC(F)(c1ccccc1)C(F)(F)C(F)(F)F. The molecule has 1 atom stereocenters. The predicted octanol–water partition coefficient (Wildman–Crippen LogP) is 2.79. The van der Waals surface area contributed by atoms with E-state index in [9.17, 15) is 36.5 Å². The Bertz CT molecular complexity index is 464. The second kappa shape index (κ2) is 4.59. The van der Waals surface area contributed by atoms with Crippen molar-refractivity contribution in [2.24, 2.45) is 0 Å². The highest BCUT2D eigenvalue weighted by molar-refractivity contribution is 5.25. The second-order valence-electron chi connectivity index (χ2n) is 3.47. The molecule has 0 radical (unpaired) electrons. The first-order chi connectivity index (χ1) is 8.52. The number of nitrogens with zero attached hydrogens (tertiary/aromatic N) is 1. The third kappa shape index (κ3) is 2.56. The number of hydrogen-bond acceptors (Lipinski definition) is 2. The fourth-order valence-electron chi connectivity index (χ4n) is 1.30. The monoisotopic (exact) mass is 288 g/mol. The molecular formula is C9H6F6N2O2. The largest absolute Gasteiger partial charge is 0.459 e. The van der Waals surface area contributed by atoms with Crippen molar-refractivity contribution in [3.63, 3.8) is 0 Å². The van der Waals surface area contributed by atoms with E-state index in [1.165, 1.54) is 6.07 Å². The van der Waals surface area contributed by atoms with Gasteiger partial charge in [0.15, 0.2) is 5.03 Å². The summed E-state index contributed by atoms with van der Waals surface area (Å²) in [4.78, 5) is 10.1. The van der Waals surface area contributed by atoms with Crippen LogP contribution in [-0.2, 0) is 5.79 Å². The van der Waals surface area contributed by atoms with Crippen LogP contribution in [-0.4, -0.2) is 17.1 Å². The van der Waals surface area contributed by atoms with Crippen LogP contribution in [0.4, 0.5) is 26.3 Å². The molecule has 19 heavy (non-hydrogen) atoms. The number of rotatable bonds is 4. The van der Waals surface area contributed by atoms with Crippen LogP contribution in [0.15, 0.2) is 30.3 Å². The molecule has 0 aromatic heterocycles. The average Bonchev–Trinajstić information content (AvgIpc) is 2.27. The zero-order valence-electron chi connectivity index (χ0n) is 8.92. The molecule has 1 rings (SSSR count). The quantitative estimate of drug-likeness (QED) is 0.401. The van der Waals surface area contributed by atoms with Crippen molar-refractivity contribution in [1.29, 1.82) is 0 Å². The molecule has 0 saturated heterocycles. The fourth-order valence-corrected chi connectivity index (χ4v) is 1.30. The number of alkyl halides is 6. The number of halogens is 6. The maximum Gasteiger partial charge on any atom is 0.459 e. The summed E-state index contributed by atoms with van der Waals surface area (Å²) < 4.78 is 77.0. The number of benzene rings is 1. The normalized spacial score (nSPS) is 15.7. The Balaban J connectivity index is 3.41. The van der Waals surface area contributed by atoms with Gasteiger partial charge in [0.2, 0.25) is 0 Å².